The predicted molar refractivity (Wildman–Crippen MR) is 135 cm³/mol. The molecule has 0 radical (unpaired) electrons. The summed E-state index contributed by atoms with van der Waals surface area (Å²) in [6.45, 7) is 5.33. The molecule has 2 aromatic carbocycles. The van der Waals surface area contributed by atoms with Crippen molar-refractivity contribution in [3.05, 3.63) is 53.6 Å². The number of aliphatic hydroxyl groups is 1. The number of nitrogens with zero attached hydrogens (tertiary/aromatic N) is 1. The highest BCUT2D eigenvalue weighted by Gasteiger charge is 2.22. The van der Waals surface area contributed by atoms with E-state index in [-0.39, 0.29) is 30.5 Å². The summed E-state index contributed by atoms with van der Waals surface area (Å²) >= 11 is 0. The van der Waals surface area contributed by atoms with Crippen molar-refractivity contribution < 1.29 is 19.3 Å². The quantitative estimate of drug-likeness (QED) is 0.242. The van der Waals surface area contributed by atoms with Crippen LogP contribution in [-0.4, -0.2) is 52.0 Å². The number of halogens is 1. The average molecular weight is 543 g/mol. The third kappa shape index (κ3) is 7.77. The Morgan fingerprint density at radius 2 is 1.61 bits per heavy atom. The second-order valence-electron chi connectivity index (χ2n) is 7.02. The zero-order valence-electron chi connectivity index (χ0n) is 18.9. The number of guanidine groups is 1. The van der Waals surface area contributed by atoms with E-state index in [9.17, 15) is 5.11 Å². The highest BCUT2D eigenvalue weighted by molar-refractivity contribution is 14.0. The van der Waals surface area contributed by atoms with Gasteiger partial charge in [-0.3, -0.25) is 0 Å². The van der Waals surface area contributed by atoms with E-state index in [1.165, 1.54) is 0 Å². The lowest BCUT2D eigenvalue weighted by atomic mass is 9.96. The van der Waals surface area contributed by atoms with Crippen LogP contribution in [0.15, 0.2) is 47.5 Å². The Labute approximate surface area is 202 Å². The fourth-order valence-electron chi connectivity index (χ4n) is 3.09. The number of rotatable bonds is 10. The molecule has 1 atom stereocenters. The number of nitrogens with one attached hydrogen (secondary N) is 2. The topological polar surface area (TPSA) is 84.3 Å². The Hall–Kier alpha value is -2.20. The molecule has 3 N–H and O–H groups in total. The third-order valence-corrected chi connectivity index (χ3v) is 4.77. The summed E-state index contributed by atoms with van der Waals surface area (Å²) in [5.41, 5.74) is 0.726. The van der Waals surface area contributed by atoms with E-state index in [1.807, 2.05) is 49.4 Å². The molecule has 172 valence electrons. The highest BCUT2D eigenvalue weighted by Crippen LogP contribution is 2.34. The Morgan fingerprint density at radius 1 is 1.00 bits per heavy atom. The predicted octanol–water partition coefficient (Wildman–Crippen LogP) is 3.34. The van der Waals surface area contributed by atoms with Crippen LogP contribution in [0.25, 0.3) is 0 Å². The van der Waals surface area contributed by atoms with Crippen LogP contribution in [0.5, 0.6) is 17.2 Å². The lowest BCUT2D eigenvalue weighted by Gasteiger charge is -2.22. The first-order chi connectivity index (χ1) is 14.4. The summed E-state index contributed by atoms with van der Waals surface area (Å²) in [5, 5.41) is 17.3. The largest absolute Gasteiger partial charge is 0.496 e. The van der Waals surface area contributed by atoms with Crippen molar-refractivity contribution >= 4 is 29.9 Å². The van der Waals surface area contributed by atoms with Crippen LogP contribution in [0.4, 0.5) is 0 Å². The molecule has 2 aromatic rings. The molecule has 2 rings (SSSR count). The van der Waals surface area contributed by atoms with Crippen molar-refractivity contribution in [2.45, 2.75) is 25.9 Å². The van der Waals surface area contributed by atoms with Gasteiger partial charge in [0.05, 0.1) is 27.9 Å². The number of methoxy groups -OCH3 is 3. The molecule has 0 aliphatic heterocycles. The first kappa shape index (κ1) is 26.8. The van der Waals surface area contributed by atoms with E-state index in [0.717, 1.165) is 11.1 Å². The zero-order chi connectivity index (χ0) is 22.0. The van der Waals surface area contributed by atoms with E-state index in [0.29, 0.717) is 42.7 Å². The minimum absolute atomic E-state index is 0. The van der Waals surface area contributed by atoms with Gasteiger partial charge in [-0.05, 0) is 25.8 Å². The Morgan fingerprint density at radius 3 is 2.13 bits per heavy atom. The molecule has 8 heteroatoms. The summed E-state index contributed by atoms with van der Waals surface area (Å²) in [6, 6.07) is 13.2. The maximum atomic E-state index is 10.8. The van der Waals surface area contributed by atoms with Crippen molar-refractivity contribution in [3.8, 4) is 17.2 Å². The number of hydrogen-bond acceptors (Lipinski definition) is 5. The van der Waals surface area contributed by atoms with Crippen LogP contribution in [0.1, 0.15) is 25.0 Å². The van der Waals surface area contributed by atoms with Gasteiger partial charge in [0, 0.05) is 30.8 Å². The van der Waals surface area contributed by atoms with Gasteiger partial charge in [-0.25, -0.2) is 4.99 Å². The maximum absolute atomic E-state index is 10.8. The molecule has 0 saturated heterocycles. The van der Waals surface area contributed by atoms with Gasteiger partial charge in [0.1, 0.15) is 22.8 Å². The molecule has 0 fully saturated rings. The van der Waals surface area contributed by atoms with Gasteiger partial charge >= 0.3 is 0 Å². The number of ether oxygens (including phenoxy) is 3. The van der Waals surface area contributed by atoms with Gasteiger partial charge < -0.3 is 30.0 Å². The maximum Gasteiger partial charge on any atom is 0.191 e. The van der Waals surface area contributed by atoms with Gasteiger partial charge in [0.15, 0.2) is 5.96 Å². The molecule has 0 spiro atoms. The number of hydrogen-bond donors (Lipinski definition) is 3. The number of aliphatic imine (C=N–C) groups is 1. The Balaban J connectivity index is 0.00000480. The lowest BCUT2D eigenvalue weighted by Crippen LogP contribution is -2.39. The second kappa shape index (κ2) is 13.3. The van der Waals surface area contributed by atoms with Crippen LogP contribution >= 0.6 is 24.0 Å². The van der Waals surface area contributed by atoms with E-state index in [4.69, 9.17) is 14.2 Å². The van der Waals surface area contributed by atoms with Crippen LogP contribution in [0.3, 0.4) is 0 Å². The van der Waals surface area contributed by atoms with Crippen LogP contribution in [0.2, 0.25) is 0 Å². The molecular formula is C23H34IN3O4. The van der Waals surface area contributed by atoms with Crippen LogP contribution in [0, 0.1) is 0 Å². The SMILES string of the molecule is CCNC(=NCC(C)(O)c1ccccc1)NCCc1c(OC)cc(OC)cc1OC.I. The van der Waals surface area contributed by atoms with E-state index < -0.39 is 5.60 Å². The second-order valence-corrected chi connectivity index (χ2v) is 7.02. The van der Waals surface area contributed by atoms with Crippen LogP contribution in [-0.2, 0) is 12.0 Å². The van der Waals surface area contributed by atoms with Gasteiger partial charge in [-0.15, -0.1) is 24.0 Å². The summed E-state index contributed by atoms with van der Waals surface area (Å²) in [6.07, 6.45) is 0.663. The molecular weight excluding hydrogens is 509 g/mol. The molecule has 7 nitrogen and oxygen atoms in total. The van der Waals surface area contributed by atoms with Crippen LogP contribution < -0.4 is 24.8 Å². The van der Waals surface area contributed by atoms with E-state index >= 15 is 0 Å². The van der Waals surface area contributed by atoms with Crippen molar-refractivity contribution in [2.75, 3.05) is 41.0 Å². The Bertz CT molecular complexity index is 804. The zero-order valence-corrected chi connectivity index (χ0v) is 21.2. The normalized spacial score (nSPS) is 12.9. The minimum Gasteiger partial charge on any atom is -0.496 e. The standard InChI is InChI=1S/C23H33N3O4.HI/c1-6-24-22(26-16-23(2,27)17-10-8-7-9-11-17)25-13-12-19-20(29-4)14-18(28-3)15-21(19)30-5;/h7-11,14-15,27H,6,12-13,16H2,1-5H3,(H2,24,25,26);1H. The van der Waals surface area contributed by atoms with Crippen molar-refractivity contribution in [2.24, 2.45) is 4.99 Å². The number of benzene rings is 2. The molecule has 0 aliphatic carbocycles. The summed E-state index contributed by atoms with van der Waals surface area (Å²) in [7, 11) is 4.86. The smallest absolute Gasteiger partial charge is 0.191 e. The fraction of sp³-hybridized carbons (Fsp3) is 0.435. The van der Waals surface area contributed by atoms with Crippen molar-refractivity contribution in [3.63, 3.8) is 0 Å². The molecule has 0 aliphatic rings. The lowest BCUT2D eigenvalue weighted by molar-refractivity contribution is 0.0672. The molecule has 0 amide bonds. The van der Waals surface area contributed by atoms with E-state index in [1.54, 1.807) is 28.3 Å². The molecule has 0 heterocycles. The first-order valence-electron chi connectivity index (χ1n) is 10.0. The van der Waals surface area contributed by atoms with Crippen molar-refractivity contribution in [1.29, 1.82) is 0 Å². The molecule has 0 aromatic heterocycles. The molecule has 0 bridgehead atoms. The van der Waals surface area contributed by atoms with Crippen molar-refractivity contribution in [1.82, 2.24) is 10.6 Å². The third-order valence-electron chi connectivity index (χ3n) is 4.77. The molecule has 0 saturated carbocycles. The minimum atomic E-state index is -1.05. The summed E-state index contributed by atoms with van der Waals surface area (Å²) in [5.74, 6) is 2.74. The fourth-order valence-corrected chi connectivity index (χ4v) is 3.09. The summed E-state index contributed by atoms with van der Waals surface area (Å²) in [4.78, 5) is 4.57. The van der Waals surface area contributed by atoms with Gasteiger partial charge in [0.25, 0.3) is 0 Å². The monoisotopic (exact) mass is 543 g/mol. The Kier molecular flexibility index (Phi) is 11.5. The molecule has 1 unspecified atom stereocenters. The van der Waals surface area contributed by atoms with Gasteiger partial charge in [-0.1, -0.05) is 30.3 Å². The average Bonchev–Trinajstić information content (AvgIpc) is 2.77. The first-order valence-corrected chi connectivity index (χ1v) is 10.0. The van der Waals surface area contributed by atoms with Gasteiger partial charge in [0.2, 0.25) is 0 Å². The highest BCUT2D eigenvalue weighted by atomic mass is 127. The van der Waals surface area contributed by atoms with Gasteiger partial charge in [-0.2, -0.15) is 0 Å². The molecule has 31 heavy (non-hydrogen) atoms. The van der Waals surface area contributed by atoms with E-state index in [2.05, 4.69) is 15.6 Å². The summed E-state index contributed by atoms with van der Waals surface area (Å²) < 4.78 is 16.3.